The highest BCUT2D eigenvalue weighted by Gasteiger charge is 2.46. The summed E-state index contributed by atoms with van der Waals surface area (Å²) in [6.45, 7) is 1.64. The van der Waals surface area contributed by atoms with Crippen molar-refractivity contribution in [1.82, 2.24) is 10.2 Å². The molecule has 1 aliphatic heterocycles. The summed E-state index contributed by atoms with van der Waals surface area (Å²) in [5.74, 6) is -2.04. The summed E-state index contributed by atoms with van der Waals surface area (Å²) in [5.41, 5.74) is 0. The first-order chi connectivity index (χ1) is 14.9. The summed E-state index contributed by atoms with van der Waals surface area (Å²) in [5, 5.41) is 11.9. The Morgan fingerprint density at radius 1 is 1.06 bits per heavy atom. The number of nitrogens with zero attached hydrogens (tertiary/aromatic N) is 1. The zero-order valence-electron chi connectivity index (χ0n) is 18.8. The summed E-state index contributed by atoms with van der Waals surface area (Å²) >= 11 is 5.06. The number of rotatable bonds is 6. The van der Waals surface area contributed by atoms with E-state index in [0.29, 0.717) is 5.75 Å². The van der Waals surface area contributed by atoms with E-state index in [4.69, 9.17) is 5.11 Å². The van der Waals surface area contributed by atoms with Gasteiger partial charge in [0, 0.05) is 29.5 Å². The molecule has 31 heavy (non-hydrogen) atoms. The number of hydrogen-bond donors (Lipinski definition) is 3. The number of carboxylic acid groups (broad SMARTS) is 1. The van der Waals surface area contributed by atoms with E-state index in [2.05, 4.69) is 22.7 Å². The molecule has 0 aromatic carbocycles. The number of aliphatic carboxylic acids is 1. The van der Waals surface area contributed by atoms with Crippen LogP contribution in [0.1, 0.15) is 71.1 Å². The lowest BCUT2D eigenvalue weighted by Crippen LogP contribution is -2.50. The van der Waals surface area contributed by atoms with Crippen molar-refractivity contribution in [1.29, 1.82) is 0 Å². The Hall–Kier alpha value is -0.930. The van der Waals surface area contributed by atoms with Crippen LogP contribution in [0.3, 0.4) is 0 Å². The van der Waals surface area contributed by atoms with Crippen LogP contribution in [0, 0.1) is 5.92 Å². The van der Waals surface area contributed by atoms with Crippen molar-refractivity contribution in [2.24, 2.45) is 5.92 Å². The largest absolute Gasteiger partial charge is 0.479 e. The zero-order valence-corrected chi connectivity index (χ0v) is 20.5. The normalized spacial score (nSPS) is 26.0. The molecule has 1 amide bonds. The molecule has 178 valence electrons. The number of esters is 1. The first-order valence-electron chi connectivity index (χ1n) is 11.5. The second kappa shape index (κ2) is 13.6. The molecular weight excluding hydrogens is 436 g/mol. The SMILES string of the molecule is C1CCC(NC2CCCCC2)CC1.COC(=O)[C@H]1CS[C@@H](C(=O)O)N1C(=O)C(C)CS. The number of hydrogen-bond acceptors (Lipinski definition) is 7. The van der Waals surface area contributed by atoms with Crippen LogP contribution >= 0.6 is 24.4 Å². The Morgan fingerprint density at radius 2 is 1.58 bits per heavy atom. The molecule has 2 saturated carbocycles. The van der Waals surface area contributed by atoms with Crippen molar-refractivity contribution in [3.05, 3.63) is 0 Å². The van der Waals surface area contributed by atoms with E-state index in [1.165, 1.54) is 71.3 Å². The van der Waals surface area contributed by atoms with Crippen LogP contribution in [0.5, 0.6) is 0 Å². The van der Waals surface area contributed by atoms with Gasteiger partial charge in [0.1, 0.15) is 6.04 Å². The fourth-order valence-electron chi connectivity index (χ4n) is 4.49. The topological polar surface area (TPSA) is 95.9 Å². The maximum Gasteiger partial charge on any atom is 0.337 e. The average Bonchev–Trinajstić information content (AvgIpc) is 3.25. The van der Waals surface area contributed by atoms with Gasteiger partial charge in [-0.3, -0.25) is 4.79 Å². The predicted molar refractivity (Wildman–Crippen MR) is 126 cm³/mol. The molecule has 7 nitrogen and oxygen atoms in total. The monoisotopic (exact) mass is 474 g/mol. The first kappa shape index (κ1) is 26.3. The Labute approximate surface area is 195 Å². The van der Waals surface area contributed by atoms with Crippen molar-refractivity contribution in [2.45, 2.75) is 94.6 Å². The van der Waals surface area contributed by atoms with E-state index in [0.717, 1.165) is 28.7 Å². The quantitative estimate of drug-likeness (QED) is 0.401. The van der Waals surface area contributed by atoms with Gasteiger partial charge in [0.25, 0.3) is 0 Å². The highest BCUT2D eigenvalue weighted by Crippen LogP contribution is 2.31. The molecule has 9 heteroatoms. The molecule has 2 N–H and O–H groups in total. The molecule has 3 fully saturated rings. The summed E-state index contributed by atoms with van der Waals surface area (Å²) in [6.07, 6.45) is 14.6. The molecule has 3 atom stereocenters. The van der Waals surface area contributed by atoms with Gasteiger partial charge in [-0.15, -0.1) is 11.8 Å². The van der Waals surface area contributed by atoms with Crippen LogP contribution < -0.4 is 5.32 Å². The van der Waals surface area contributed by atoms with Crippen LogP contribution in [0.4, 0.5) is 0 Å². The minimum atomic E-state index is -1.13. The molecule has 0 radical (unpaired) electrons. The fourth-order valence-corrected chi connectivity index (χ4v) is 5.86. The van der Waals surface area contributed by atoms with Crippen molar-refractivity contribution in [2.75, 3.05) is 18.6 Å². The Morgan fingerprint density at radius 3 is 2.00 bits per heavy atom. The number of carbonyl (C=O) groups excluding carboxylic acids is 2. The van der Waals surface area contributed by atoms with Crippen molar-refractivity contribution in [3.8, 4) is 0 Å². The van der Waals surface area contributed by atoms with Gasteiger partial charge in [0.15, 0.2) is 5.37 Å². The van der Waals surface area contributed by atoms with E-state index in [1.54, 1.807) is 6.92 Å². The third kappa shape index (κ3) is 7.86. The zero-order chi connectivity index (χ0) is 22.8. The van der Waals surface area contributed by atoms with E-state index in [-0.39, 0.29) is 5.75 Å². The highest BCUT2D eigenvalue weighted by molar-refractivity contribution is 8.00. The first-order valence-corrected chi connectivity index (χ1v) is 13.2. The summed E-state index contributed by atoms with van der Waals surface area (Å²) in [4.78, 5) is 35.9. The van der Waals surface area contributed by atoms with Gasteiger partial charge in [-0.2, -0.15) is 12.6 Å². The van der Waals surface area contributed by atoms with Gasteiger partial charge < -0.3 is 20.1 Å². The smallest absolute Gasteiger partial charge is 0.337 e. The molecule has 3 rings (SSSR count). The van der Waals surface area contributed by atoms with Crippen molar-refractivity contribution >= 4 is 42.2 Å². The lowest BCUT2D eigenvalue weighted by atomic mass is 9.91. The molecule has 1 heterocycles. The van der Waals surface area contributed by atoms with Gasteiger partial charge in [0.05, 0.1) is 7.11 Å². The number of thiol groups is 1. The number of carboxylic acids is 1. The number of thioether (sulfide) groups is 1. The molecule has 0 bridgehead atoms. The van der Waals surface area contributed by atoms with Crippen molar-refractivity contribution < 1.29 is 24.2 Å². The minimum absolute atomic E-state index is 0.231. The minimum Gasteiger partial charge on any atom is -0.479 e. The van der Waals surface area contributed by atoms with Crippen LogP contribution in [-0.2, 0) is 19.1 Å². The molecule has 3 aliphatic rings. The lowest BCUT2D eigenvalue weighted by Gasteiger charge is -2.30. The molecule has 1 saturated heterocycles. The molecule has 1 unspecified atom stereocenters. The Balaban J connectivity index is 0.000000231. The van der Waals surface area contributed by atoms with Gasteiger partial charge >= 0.3 is 11.9 Å². The summed E-state index contributed by atoms with van der Waals surface area (Å²) < 4.78 is 4.60. The van der Waals surface area contributed by atoms with Crippen LogP contribution in [0.2, 0.25) is 0 Å². The Kier molecular flexibility index (Phi) is 11.5. The van der Waals surface area contributed by atoms with Gasteiger partial charge in [0.2, 0.25) is 5.91 Å². The summed E-state index contributed by atoms with van der Waals surface area (Å²) in [7, 11) is 1.21. The third-order valence-corrected chi connectivity index (χ3v) is 8.12. The summed E-state index contributed by atoms with van der Waals surface area (Å²) in [6, 6.07) is 0.907. The van der Waals surface area contributed by atoms with E-state index in [9.17, 15) is 14.4 Å². The maximum absolute atomic E-state index is 12.1. The maximum atomic E-state index is 12.1. The van der Waals surface area contributed by atoms with Gasteiger partial charge in [-0.25, -0.2) is 9.59 Å². The molecule has 0 aromatic rings. The predicted octanol–water partition coefficient (Wildman–Crippen LogP) is 3.32. The molecule has 0 aromatic heterocycles. The van der Waals surface area contributed by atoms with Crippen LogP contribution in [-0.4, -0.2) is 70.0 Å². The van der Waals surface area contributed by atoms with Crippen molar-refractivity contribution in [3.63, 3.8) is 0 Å². The standard InChI is InChI=1S/C12H23N.C10H15NO5S2/c1-3-7-11(8-4-1)13-12-9-5-2-6-10-12;1-5(3-17)7(12)11-6(10(15)16-2)4-18-8(11)9(13)14/h11-13H,1-10H2;5-6,8,17H,3-4H2,1-2H3,(H,13,14)/t;5?,6-,8+/m.1/s1. The van der Waals surface area contributed by atoms with E-state index < -0.39 is 35.2 Å². The number of methoxy groups -OCH3 is 1. The number of nitrogens with one attached hydrogen (secondary N) is 1. The second-order valence-corrected chi connectivity index (χ2v) is 10.2. The van der Waals surface area contributed by atoms with Gasteiger partial charge in [-0.1, -0.05) is 45.4 Å². The second-order valence-electron chi connectivity index (χ2n) is 8.73. The lowest BCUT2D eigenvalue weighted by molar-refractivity contribution is -0.156. The van der Waals surface area contributed by atoms with E-state index in [1.807, 2.05) is 0 Å². The van der Waals surface area contributed by atoms with Crippen LogP contribution in [0.25, 0.3) is 0 Å². The van der Waals surface area contributed by atoms with E-state index >= 15 is 0 Å². The number of amides is 1. The average molecular weight is 475 g/mol. The molecular formula is C22H38N2O5S2. The Bertz CT molecular complexity index is 578. The number of carbonyl (C=O) groups is 3. The highest BCUT2D eigenvalue weighted by atomic mass is 32.2. The van der Waals surface area contributed by atoms with Crippen LogP contribution in [0.15, 0.2) is 0 Å². The number of ether oxygens (including phenoxy) is 1. The molecule has 0 spiro atoms. The molecule has 2 aliphatic carbocycles. The fraction of sp³-hybridized carbons (Fsp3) is 0.864. The van der Waals surface area contributed by atoms with Gasteiger partial charge in [-0.05, 0) is 25.7 Å². The third-order valence-electron chi connectivity index (χ3n) is 6.32.